The van der Waals surface area contributed by atoms with Gasteiger partial charge in [0.05, 0.1) is 0 Å². The number of rotatable bonds is 2. The standard InChI is InChI=1S/C15H11ClN2O/c1-18-9-12(11-4-2-3-5-13(11)18)15(19)10-6-7-14(16)17-8-10/h2-9H,1H3. The zero-order chi connectivity index (χ0) is 13.4. The van der Waals surface area contributed by atoms with Gasteiger partial charge in [-0.25, -0.2) is 4.98 Å². The molecular weight excluding hydrogens is 260 g/mol. The molecule has 0 saturated heterocycles. The molecule has 0 saturated carbocycles. The number of hydrogen-bond acceptors (Lipinski definition) is 2. The molecule has 0 aliphatic heterocycles. The first kappa shape index (κ1) is 11.9. The summed E-state index contributed by atoms with van der Waals surface area (Å²) in [4.78, 5) is 16.4. The van der Waals surface area contributed by atoms with Gasteiger partial charge in [0.25, 0.3) is 0 Å². The van der Waals surface area contributed by atoms with Crippen molar-refractivity contribution >= 4 is 28.3 Å². The van der Waals surface area contributed by atoms with Gasteiger partial charge >= 0.3 is 0 Å². The Hall–Kier alpha value is -2.13. The van der Waals surface area contributed by atoms with Gasteiger partial charge in [0.2, 0.25) is 0 Å². The lowest BCUT2D eigenvalue weighted by atomic mass is 10.0. The molecule has 94 valence electrons. The van der Waals surface area contributed by atoms with Gasteiger partial charge in [-0.1, -0.05) is 29.8 Å². The lowest BCUT2D eigenvalue weighted by molar-refractivity contribution is 0.104. The molecule has 0 unspecified atom stereocenters. The van der Waals surface area contributed by atoms with Gasteiger partial charge in [0, 0.05) is 41.5 Å². The summed E-state index contributed by atoms with van der Waals surface area (Å²) in [6.45, 7) is 0. The number of halogens is 1. The molecule has 0 aliphatic carbocycles. The molecule has 4 heteroatoms. The van der Waals surface area contributed by atoms with Crippen molar-refractivity contribution in [2.24, 2.45) is 7.05 Å². The molecule has 0 radical (unpaired) electrons. The number of hydrogen-bond donors (Lipinski definition) is 0. The van der Waals surface area contributed by atoms with Gasteiger partial charge in [-0.15, -0.1) is 0 Å². The second kappa shape index (κ2) is 4.52. The summed E-state index contributed by atoms with van der Waals surface area (Å²) in [5, 5.41) is 1.33. The SMILES string of the molecule is Cn1cc(C(=O)c2ccc(Cl)nc2)c2ccccc21. The van der Waals surface area contributed by atoms with Crippen LogP contribution in [0.3, 0.4) is 0 Å². The summed E-state index contributed by atoms with van der Waals surface area (Å²) in [5.74, 6) is -0.0408. The summed E-state index contributed by atoms with van der Waals surface area (Å²) in [5.41, 5.74) is 2.26. The maximum absolute atomic E-state index is 12.5. The fraction of sp³-hybridized carbons (Fsp3) is 0.0667. The maximum atomic E-state index is 12.5. The van der Waals surface area contributed by atoms with Crippen molar-refractivity contribution in [2.75, 3.05) is 0 Å². The summed E-state index contributed by atoms with van der Waals surface area (Å²) >= 11 is 5.74. The van der Waals surface area contributed by atoms with E-state index < -0.39 is 0 Å². The van der Waals surface area contributed by atoms with Gasteiger partial charge in [0.1, 0.15) is 5.15 Å². The third kappa shape index (κ3) is 2.02. The van der Waals surface area contributed by atoms with Crippen LogP contribution in [-0.4, -0.2) is 15.3 Å². The number of ketones is 1. The molecule has 0 aliphatic rings. The Labute approximate surface area is 115 Å². The van der Waals surface area contributed by atoms with Gasteiger partial charge in [-0.2, -0.15) is 0 Å². The third-order valence-electron chi connectivity index (χ3n) is 3.13. The summed E-state index contributed by atoms with van der Waals surface area (Å²) in [6.07, 6.45) is 3.36. The van der Waals surface area contributed by atoms with Gasteiger partial charge in [0.15, 0.2) is 5.78 Å². The minimum absolute atomic E-state index is 0.0408. The zero-order valence-corrected chi connectivity index (χ0v) is 11.1. The van der Waals surface area contributed by atoms with Crippen LogP contribution < -0.4 is 0 Å². The van der Waals surface area contributed by atoms with Crippen LogP contribution in [0.15, 0.2) is 48.8 Å². The number of carbonyl (C=O) groups is 1. The lowest BCUT2D eigenvalue weighted by Gasteiger charge is -1.99. The van der Waals surface area contributed by atoms with Gasteiger partial charge in [-0.3, -0.25) is 4.79 Å². The molecule has 2 heterocycles. The zero-order valence-electron chi connectivity index (χ0n) is 10.3. The summed E-state index contributed by atoms with van der Waals surface area (Å²) in [6, 6.07) is 11.1. The van der Waals surface area contributed by atoms with Crippen LogP contribution in [0.2, 0.25) is 5.15 Å². The van der Waals surface area contributed by atoms with E-state index in [4.69, 9.17) is 11.6 Å². The summed E-state index contributed by atoms with van der Waals surface area (Å²) in [7, 11) is 1.93. The van der Waals surface area contributed by atoms with Crippen LogP contribution >= 0.6 is 11.6 Å². The second-order valence-corrected chi connectivity index (χ2v) is 4.76. The molecule has 3 aromatic rings. The molecule has 0 amide bonds. The number of nitrogens with zero attached hydrogens (tertiary/aromatic N) is 2. The van der Waals surface area contributed by atoms with Crippen LogP contribution in [0, 0.1) is 0 Å². The molecular formula is C15H11ClN2O. The smallest absolute Gasteiger partial charge is 0.196 e. The Morgan fingerprint density at radius 2 is 2.00 bits per heavy atom. The number of fused-ring (bicyclic) bond motifs is 1. The van der Waals surface area contributed by atoms with Crippen LogP contribution in [0.5, 0.6) is 0 Å². The highest BCUT2D eigenvalue weighted by Gasteiger charge is 2.15. The largest absolute Gasteiger partial charge is 0.350 e. The first-order valence-electron chi connectivity index (χ1n) is 5.87. The normalized spacial score (nSPS) is 10.8. The molecule has 19 heavy (non-hydrogen) atoms. The van der Waals surface area contributed by atoms with E-state index in [0.717, 1.165) is 10.9 Å². The minimum atomic E-state index is -0.0408. The van der Waals surface area contributed by atoms with E-state index in [0.29, 0.717) is 16.3 Å². The first-order chi connectivity index (χ1) is 9.16. The van der Waals surface area contributed by atoms with E-state index >= 15 is 0 Å². The van der Waals surface area contributed by atoms with E-state index in [2.05, 4.69) is 4.98 Å². The predicted octanol–water partition coefficient (Wildman–Crippen LogP) is 3.46. The monoisotopic (exact) mass is 270 g/mol. The molecule has 3 nitrogen and oxygen atoms in total. The number of para-hydroxylation sites is 1. The Balaban J connectivity index is 2.14. The number of pyridine rings is 1. The van der Waals surface area contributed by atoms with Crippen molar-refractivity contribution in [3.63, 3.8) is 0 Å². The topological polar surface area (TPSA) is 34.9 Å². The highest BCUT2D eigenvalue weighted by Crippen LogP contribution is 2.23. The fourth-order valence-electron chi connectivity index (χ4n) is 2.19. The predicted molar refractivity (Wildman–Crippen MR) is 75.6 cm³/mol. The molecule has 1 aromatic carbocycles. The highest BCUT2D eigenvalue weighted by atomic mass is 35.5. The van der Waals surface area contributed by atoms with Gasteiger partial charge < -0.3 is 4.57 Å². The number of aryl methyl sites for hydroxylation is 1. The second-order valence-electron chi connectivity index (χ2n) is 4.37. The Morgan fingerprint density at radius 1 is 1.21 bits per heavy atom. The molecule has 0 N–H and O–H groups in total. The quantitative estimate of drug-likeness (QED) is 0.528. The van der Waals surface area contributed by atoms with E-state index in [1.807, 2.05) is 42.1 Å². The average molecular weight is 271 g/mol. The number of carbonyl (C=O) groups excluding carboxylic acids is 1. The average Bonchev–Trinajstić information content (AvgIpc) is 2.77. The molecule has 0 fully saturated rings. The van der Waals surface area contributed by atoms with E-state index in [9.17, 15) is 4.79 Å². The van der Waals surface area contributed by atoms with Crippen molar-refractivity contribution in [3.8, 4) is 0 Å². The maximum Gasteiger partial charge on any atom is 0.196 e. The number of aromatic nitrogens is 2. The van der Waals surface area contributed by atoms with Crippen LogP contribution in [0.4, 0.5) is 0 Å². The molecule has 3 rings (SSSR count). The Bertz CT molecular complexity index is 759. The van der Waals surface area contributed by atoms with Crippen LogP contribution in [-0.2, 0) is 7.05 Å². The first-order valence-corrected chi connectivity index (χ1v) is 6.25. The third-order valence-corrected chi connectivity index (χ3v) is 3.35. The molecule has 2 aromatic heterocycles. The molecule has 0 atom stereocenters. The highest BCUT2D eigenvalue weighted by molar-refractivity contribution is 6.29. The van der Waals surface area contributed by atoms with E-state index in [1.165, 1.54) is 6.20 Å². The molecule has 0 bridgehead atoms. The lowest BCUT2D eigenvalue weighted by Crippen LogP contribution is -2.01. The van der Waals surface area contributed by atoms with E-state index in [-0.39, 0.29) is 5.78 Å². The van der Waals surface area contributed by atoms with Crippen LogP contribution in [0.25, 0.3) is 10.9 Å². The van der Waals surface area contributed by atoms with Gasteiger partial charge in [-0.05, 0) is 18.2 Å². The summed E-state index contributed by atoms with van der Waals surface area (Å²) < 4.78 is 1.95. The number of benzene rings is 1. The minimum Gasteiger partial charge on any atom is -0.350 e. The van der Waals surface area contributed by atoms with E-state index in [1.54, 1.807) is 12.1 Å². The van der Waals surface area contributed by atoms with Crippen LogP contribution in [0.1, 0.15) is 15.9 Å². The van der Waals surface area contributed by atoms with Crippen molar-refractivity contribution in [1.82, 2.24) is 9.55 Å². The molecule has 0 spiro atoms. The Morgan fingerprint density at radius 3 is 2.74 bits per heavy atom. The fourth-order valence-corrected chi connectivity index (χ4v) is 2.30. The van der Waals surface area contributed by atoms with Crippen molar-refractivity contribution < 1.29 is 4.79 Å². The van der Waals surface area contributed by atoms with Crippen molar-refractivity contribution in [1.29, 1.82) is 0 Å². The van der Waals surface area contributed by atoms with Crippen molar-refractivity contribution in [2.45, 2.75) is 0 Å². The van der Waals surface area contributed by atoms with Crippen molar-refractivity contribution in [3.05, 3.63) is 65.1 Å². The Kier molecular flexibility index (Phi) is 2.84.